The largest absolute Gasteiger partial charge is 0.440 e. The van der Waals surface area contributed by atoms with Crippen molar-refractivity contribution in [2.75, 3.05) is 0 Å². The zero-order chi connectivity index (χ0) is 17.3. The van der Waals surface area contributed by atoms with Crippen molar-refractivity contribution in [2.45, 2.75) is 26.7 Å². The van der Waals surface area contributed by atoms with Gasteiger partial charge in [-0.3, -0.25) is 0 Å². The number of benzene rings is 2. The summed E-state index contributed by atoms with van der Waals surface area (Å²) in [4.78, 5) is 0. The summed E-state index contributed by atoms with van der Waals surface area (Å²) >= 11 is 0. The van der Waals surface area contributed by atoms with E-state index >= 15 is 0 Å². The molecule has 0 aliphatic carbocycles. The number of aromatic nitrogens is 1. The number of ether oxygens (including phenoxy) is 1. The smallest absolute Gasteiger partial charge is 0.209 e. The molecule has 1 heterocycles. The third-order valence-corrected chi connectivity index (χ3v) is 4.23. The number of hydrogen-bond donors (Lipinski definition) is 1. The van der Waals surface area contributed by atoms with Crippen molar-refractivity contribution in [3.8, 4) is 11.6 Å². The molecule has 24 heavy (non-hydrogen) atoms. The van der Waals surface area contributed by atoms with E-state index in [0.29, 0.717) is 11.8 Å². The van der Waals surface area contributed by atoms with Gasteiger partial charge in [-0.2, -0.15) is 0 Å². The molecule has 3 rings (SSSR count). The number of oxime groups is 1. The first-order valence-corrected chi connectivity index (χ1v) is 8.05. The Kier molecular flexibility index (Phi) is 4.30. The first kappa shape index (κ1) is 16.1. The van der Waals surface area contributed by atoms with Crippen LogP contribution in [-0.2, 0) is 7.05 Å². The lowest BCUT2D eigenvalue weighted by Gasteiger charge is -2.13. The lowest BCUT2D eigenvalue weighted by atomic mass is 10.0. The predicted octanol–water partition coefficient (Wildman–Crippen LogP) is 5.21. The third-order valence-electron chi connectivity index (χ3n) is 4.23. The lowest BCUT2D eigenvalue weighted by Crippen LogP contribution is -1.97. The molecule has 0 fully saturated rings. The minimum atomic E-state index is 0.429. The molecule has 0 unspecified atom stereocenters. The highest BCUT2D eigenvalue weighted by Gasteiger charge is 2.16. The van der Waals surface area contributed by atoms with Crippen LogP contribution in [-0.4, -0.2) is 16.0 Å². The Morgan fingerprint density at radius 2 is 1.92 bits per heavy atom. The van der Waals surface area contributed by atoms with E-state index in [1.807, 2.05) is 41.9 Å². The lowest BCUT2D eigenvalue weighted by molar-refractivity contribution is 0.321. The first-order valence-electron chi connectivity index (χ1n) is 8.05. The molecule has 1 N–H and O–H groups in total. The predicted molar refractivity (Wildman–Crippen MR) is 97.6 cm³/mol. The molecule has 0 aliphatic rings. The van der Waals surface area contributed by atoms with E-state index in [1.54, 1.807) is 0 Å². The topological polar surface area (TPSA) is 46.8 Å². The summed E-state index contributed by atoms with van der Waals surface area (Å²) in [6.07, 6.45) is 1.43. The Morgan fingerprint density at radius 1 is 1.17 bits per heavy atom. The molecule has 4 nitrogen and oxygen atoms in total. The van der Waals surface area contributed by atoms with Crippen molar-refractivity contribution < 1.29 is 9.94 Å². The summed E-state index contributed by atoms with van der Waals surface area (Å²) in [6, 6.07) is 14.2. The molecule has 124 valence electrons. The second kappa shape index (κ2) is 6.40. The summed E-state index contributed by atoms with van der Waals surface area (Å²) in [5.41, 5.74) is 4.19. The highest BCUT2D eigenvalue weighted by atomic mass is 16.5. The number of hydrogen-bond acceptors (Lipinski definition) is 3. The first-order chi connectivity index (χ1) is 11.5. The highest BCUT2D eigenvalue weighted by Crippen LogP contribution is 2.34. The zero-order valence-electron chi connectivity index (χ0n) is 14.4. The van der Waals surface area contributed by atoms with E-state index < -0.39 is 0 Å². The molecule has 0 amide bonds. The van der Waals surface area contributed by atoms with Crippen LogP contribution >= 0.6 is 0 Å². The standard InChI is InChI=1S/C20H22N2O2/c1-13(2)15-9-14(3)10-16(11-15)24-20-18(12-21-23)17-7-5-6-8-19(17)22(20)4/h5-13,23H,1-4H3/b21-12-. The van der Waals surface area contributed by atoms with E-state index in [2.05, 4.69) is 38.1 Å². The van der Waals surface area contributed by atoms with Crippen LogP contribution in [0.4, 0.5) is 0 Å². The summed E-state index contributed by atoms with van der Waals surface area (Å²) in [5.74, 6) is 1.88. The van der Waals surface area contributed by atoms with Gasteiger partial charge in [0.05, 0.1) is 17.3 Å². The van der Waals surface area contributed by atoms with E-state index in [0.717, 1.165) is 27.8 Å². The van der Waals surface area contributed by atoms with Gasteiger partial charge in [-0.15, -0.1) is 0 Å². The minimum absolute atomic E-state index is 0.429. The summed E-state index contributed by atoms with van der Waals surface area (Å²) in [6.45, 7) is 6.40. The van der Waals surface area contributed by atoms with Crippen molar-refractivity contribution in [3.05, 3.63) is 59.2 Å². The molecule has 0 bridgehead atoms. The summed E-state index contributed by atoms with van der Waals surface area (Å²) < 4.78 is 8.19. The van der Waals surface area contributed by atoms with Gasteiger partial charge in [0.15, 0.2) is 0 Å². The fourth-order valence-corrected chi connectivity index (χ4v) is 2.99. The second-order valence-corrected chi connectivity index (χ2v) is 6.38. The van der Waals surface area contributed by atoms with E-state index in [1.165, 1.54) is 11.8 Å². The van der Waals surface area contributed by atoms with Crippen molar-refractivity contribution in [2.24, 2.45) is 12.2 Å². The van der Waals surface area contributed by atoms with E-state index in [9.17, 15) is 0 Å². The van der Waals surface area contributed by atoms with Crippen molar-refractivity contribution in [1.29, 1.82) is 0 Å². The van der Waals surface area contributed by atoms with Gasteiger partial charge in [-0.05, 0) is 42.2 Å². The maximum atomic E-state index is 9.04. The monoisotopic (exact) mass is 322 g/mol. The number of aryl methyl sites for hydroxylation is 2. The molecular formula is C20H22N2O2. The molecule has 0 saturated heterocycles. The van der Waals surface area contributed by atoms with Crippen LogP contribution in [0.25, 0.3) is 10.9 Å². The van der Waals surface area contributed by atoms with Crippen LogP contribution in [0.3, 0.4) is 0 Å². The molecule has 4 heteroatoms. The zero-order valence-corrected chi connectivity index (χ0v) is 14.4. The average Bonchev–Trinajstić information content (AvgIpc) is 2.81. The van der Waals surface area contributed by atoms with Crippen LogP contribution in [0.5, 0.6) is 11.6 Å². The Bertz CT molecular complexity index is 907. The Morgan fingerprint density at radius 3 is 2.62 bits per heavy atom. The molecule has 3 aromatic rings. The van der Waals surface area contributed by atoms with Crippen LogP contribution < -0.4 is 4.74 Å². The normalized spacial score (nSPS) is 11.7. The molecule has 0 saturated carbocycles. The van der Waals surface area contributed by atoms with Gasteiger partial charge in [0.2, 0.25) is 5.88 Å². The summed E-state index contributed by atoms with van der Waals surface area (Å²) in [5, 5.41) is 13.3. The molecular weight excluding hydrogens is 300 g/mol. The SMILES string of the molecule is Cc1cc(Oc2c(/C=N\O)c3ccccc3n2C)cc(C(C)C)c1. The fourth-order valence-electron chi connectivity index (χ4n) is 2.99. The Balaban J connectivity index is 2.14. The van der Waals surface area contributed by atoms with Gasteiger partial charge >= 0.3 is 0 Å². The maximum Gasteiger partial charge on any atom is 0.209 e. The van der Waals surface area contributed by atoms with Crippen LogP contribution in [0.1, 0.15) is 36.5 Å². The average molecular weight is 322 g/mol. The maximum absolute atomic E-state index is 9.04. The third kappa shape index (κ3) is 2.87. The van der Waals surface area contributed by atoms with Gasteiger partial charge in [0.1, 0.15) is 5.75 Å². The van der Waals surface area contributed by atoms with Gasteiger partial charge in [0.25, 0.3) is 0 Å². The van der Waals surface area contributed by atoms with Crippen LogP contribution in [0, 0.1) is 6.92 Å². The fraction of sp³-hybridized carbons (Fsp3) is 0.250. The molecule has 0 atom stereocenters. The molecule has 0 aliphatic heterocycles. The van der Waals surface area contributed by atoms with Gasteiger partial charge in [-0.1, -0.05) is 43.3 Å². The minimum Gasteiger partial charge on any atom is -0.440 e. The van der Waals surface area contributed by atoms with E-state index in [4.69, 9.17) is 9.94 Å². The number of para-hydroxylation sites is 1. The summed E-state index contributed by atoms with van der Waals surface area (Å²) in [7, 11) is 1.95. The second-order valence-electron chi connectivity index (χ2n) is 6.38. The van der Waals surface area contributed by atoms with Crippen molar-refractivity contribution in [1.82, 2.24) is 4.57 Å². The van der Waals surface area contributed by atoms with Crippen LogP contribution in [0.15, 0.2) is 47.6 Å². The van der Waals surface area contributed by atoms with Gasteiger partial charge in [-0.25, -0.2) is 0 Å². The quantitative estimate of drug-likeness (QED) is 0.407. The Labute approximate surface area is 142 Å². The van der Waals surface area contributed by atoms with Gasteiger partial charge in [0, 0.05) is 12.4 Å². The number of rotatable bonds is 4. The van der Waals surface area contributed by atoms with Crippen molar-refractivity contribution in [3.63, 3.8) is 0 Å². The molecule has 0 spiro atoms. The molecule has 2 aromatic carbocycles. The number of fused-ring (bicyclic) bond motifs is 1. The molecule has 1 aromatic heterocycles. The Hall–Kier alpha value is -2.75. The van der Waals surface area contributed by atoms with Gasteiger partial charge < -0.3 is 14.5 Å². The molecule has 0 radical (unpaired) electrons. The highest BCUT2D eigenvalue weighted by molar-refractivity contribution is 6.02. The van der Waals surface area contributed by atoms with E-state index in [-0.39, 0.29) is 0 Å². The van der Waals surface area contributed by atoms with Crippen LogP contribution in [0.2, 0.25) is 0 Å². The van der Waals surface area contributed by atoms with Crippen molar-refractivity contribution >= 4 is 17.1 Å². The number of nitrogens with zero attached hydrogens (tertiary/aromatic N) is 2.